The number of aryl methyl sites for hydroxylation is 3. The molecule has 1 saturated heterocycles. The van der Waals surface area contributed by atoms with Crippen LogP contribution in [0.1, 0.15) is 75.0 Å². The summed E-state index contributed by atoms with van der Waals surface area (Å²) in [6.07, 6.45) is 3.04. The number of nitriles is 1. The normalized spacial score (nSPS) is 22.0. The number of piperidine rings is 1. The molecule has 222 valence electrons. The summed E-state index contributed by atoms with van der Waals surface area (Å²) in [5, 5.41) is 12.9. The number of hydrogen-bond donors (Lipinski definition) is 3. The number of hydrogen-bond acceptors (Lipinski definition) is 8. The quantitative estimate of drug-likeness (QED) is 0.348. The fraction of sp³-hybridized carbons (Fsp3) is 0.419. The zero-order chi connectivity index (χ0) is 30.6. The summed E-state index contributed by atoms with van der Waals surface area (Å²) in [4.78, 5) is 56.1. The fourth-order valence-corrected chi connectivity index (χ4v) is 7.22. The molecule has 0 radical (unpaired) electrons. The van der Waals surface area contributed by atoms with Crippen molar-refractivity contribution < 1.29 is 18.9 Å². The van der Waals surface area contributed by atoms with Crippen LogP contribution in [0, 0.1) is 17.2 Å². The lowest BCUT2D eigenvalue weighted by Gasteiger charge is -2.37. The molecule has 1 saturated carbocycles. The average Bonchev–Trinajstić information content (AvgIpc) is 3.54. The smallest absolute Gasteiger partial charge is 0.366 e. The Morgan fingerprint density at radius 1 is 1.09 bits per heavy atom. The Kier molecular flexibility index (Phi) is 6.93. The Morgan fingerprint density at radius 2 is 1.70 bits per heavy atom. The first-order valence-corrected chi connectivity index (χ1v) is 14.4. The molecule has 6 rings (SSSR count). The number of rotatable bonds is 8. The number of nitrogens with one attached hydrogen (secondary N) is 1. The van der Waals surface area contributed by atoms with Crippen LogP contribution in [0.15, 0.2) is 45.7 Å². The van der Waals surface area contributed by atoms with Crippen molar-refractivity contribution in [3.05, 3.63) is 86.2 Å². The predicted octanol–water partition coefficient (Wildman–Crippen LogP) is 0.885. The van der Waals surface area contributed by atoms with Gasteiger partial charge in [0.1, 0.15) is 6.04 Å². The van der Waals surface area contributed by atoms with Gasteiger partial charge in [-0.1, -0.05) is 12.1 Å². The van der Waals surface area contributed by atoms with Crippen LogP contribution < -0.4 is 22.5 Å². The van der Waals surface area contributed by atoms with E-state index in [2.05, 4.69) is 16.4 Å². The Bertz CT molecular complexity index is 1690. The lowest BCUT2D eigenvalue weighted by molar-refractivity contribution is -0.131. The topological polar surface area (TPSA) is 190 Å². The Hall–Kier alpha value is -4.76. The van der Waals surface area contributed by atoms with E-state index >= 15 is 0 Å². The first kappa shape index (κ1) is 28.4. The van der Waals surface area contributed by atoms with Gasteiger partial charge in [0.15, 0.2) is 5.82 Å². The number of primary amides is 2. The van der Waals surface area contributed by atoms with Crippen molar-refractivity contribution in [1.82, 2.24) is 19.9 Å². The third-order valence-electron chi connectivity index (χ3n) is 9.21. The van der Waals surface area contributed by atoms with Crippen LogP contribution >= 0.6 is 0 Å². The SMILES string of the molecule is C[C@@H](CC1(c2nc(=O)on2C)c2ccc(C(N)=O)cc2CCc2cc(C(N)=O)ccc21)NCC(=O)N1[C@H](C#N)C[C@@H]2C[C@@H]21. The highest BCUT2D eigenvalue weighted by molar-refractivity contribution is 5.94. The number of fused-ring (bicyclic) bond motifs is 3. The molecule has 3 amide bonds. The third-order valence-corrected chi connectivity index (χ3v) is 9.21. The van der Waals surface area contributed by atoms with E-state index in [9.17, 15) is 24.4 Å². The maximum absolute atomic E-state index is 13.3. The second-order valence-electron chi connectivity index (χ2n) is 11.9. The number of benzene rings is 2. The van der Waals surface area contributed by atoms with E-state index in [-0.39, 0.29) is 24.5 Å². The van der Waals surface area contributed by atoms with Gasteiger partial charge in [0.2, 0.25) is 17.7 Å². The summed E-state index contributed by atoms with van der Waals surface area (Å²) in [5.41, 5.74) is 14.1. The molecule has 3 aromatic rings. The average molecular weight is 584 g/mol. The summed E-state index contributed by atoms with van der Waals surface area (Å²) < 4.78 is 6.71. The number of likely N-dealkylation sites (tertiary alicyclic amines) is 1. The molecule has 4 atom stereocenters. The highest BCUT2D eigenvalue weighted by atomic mass is 16.5. The second kappa shape index (κ2) is 10.5. The van der Waals surface area contributed by atoms with Gasteiger partial charge in [-0.2, -0.15) is 15.0 Å². The zero-order valence-electron chi connectivity index (χ0n) is 24.0. The molecule has 43 heavy (non-hydrogen) atoms. The van der Waals surface area contributed by atoms with E-state index in [0.29, 0.717) is 42.1 Å². The minimum atomic E-state index is -1.09. The van der Waals surface area contributed by atoms with Crippen molar-refractivity contribution in [3.8, 4) is 6.07 Å². The van der Waals surface area contributed by atoms with Crippen LogP contribution in [0.4, 0.5) is 0 Å². The van der Waals surface area contributed by atoms with Crippen molar-refractivity contribution >= 4 is 17.7 Å². The number of nitrogens with two attached hydrogens (primary N) is 2. The molecular weight excluding hydrogens is 550 g/mol. The van der Waals surface area contributed by atoms with Crippen LogP contribution in [-0.2, 0) is 30.1 Å². The maximum atomic E-state index is 13.3. The number of aromatic nitrogens is 2. The van der Waals surface area contributed by atoms with E-state index in [4.69, 9.17) is 16.0 Å². The van der Waals surface area contributed by atoms with Crippen LogP contribution in [-0.4, -0.2) is 57.0 Å². The van der Waals surface area contributed by atoms with Crippen LogP contribution in [0.2, 0.25) is 0 Å². The number of carbonyl (C=O) groups is 3. The molecule has 1 aliphatic heterocycles. The number of amides is 3. The molecule has 2 fully saturated rings. The fourth-order valence-electron chi connectivity index (χ4n) is 7.22. The highest BCUT2D eigenvalue weighted by Crippen LogP contribution is 2.48. The lowest BCUT2D eigenvalue weighted by Crippen LogP contribution is -2.46. The summed E-state index contributed by atoms with van der Waals surface area (Å²) >= 11 is 0. The van der Waals surface area contributed by atoms with Gasteiger partial charge in [0.25, 0.3) is 0 Å². The van der Waals surface area contributed by atoms with Gasteiger partial charge in [0, 0.05) is 30.3 Å². The highest BCUT2D eigenvalue weighted by Gasteiger charge is 2.54. The Balaban J connectivity index is 1.46. The largest absolute Gasteiger partial charge is 0.459 e. The van der Waals surface area contributed by atoms with Gasteiger partial charge in [-0.05, 0) is 91.5 Å². The summed E-state index contributed by atoms with van der Waals surface area (Å²) in [7, 11) is 1.61. The van der Waals surface area contributed by atoms with Crippen molar-refractivity contribution in [1.29, 1.82) is 5.26 Å². The lowest BCUT2D eigenvalue weighted by atomic mass is 9.67. The van der Waals surface area contributed by atoms with E-state index in [0.717, 1.165) is 35.1 Å². The van der Waals surface area contributed by atoms with E-state index in [1.807, 2.05) is 19.1 Å². The first-order chi connectivity index (χ1) is 20.5. The molecule has 2 aliphatic carbocycles. The van der Waals surface area contributed by atoms with Crippen molar-refractivity contribution in [2.75, 3.05) is 6.54 Å². The first-order valence-electron chi connectivity index (χ1n) is 14.4. The van der Waals surface area contributed by atoms with Crippen LogP contribution in [0.25, 0.3) is 0 Å². The summed E-state index contributed by atoms with van der Waals surface area (Å²) in [6.45, 7) is 1.98. The van der Waals surface area contributed by atoms with E-state index < -0.39 is 29.0 Å². The van der Waals surface area contributed by atoms with Crippen LogP contribution in [0.3, 0.4) is 0 Å². The van der Waals surface area contributed by atoms with Gasteiger partial charge < -0.3 is 26.2 Å². The van der Waals surface area contributed by atoms with Gasteiger partial charge in [0.05, 0.1) is 18.0 Å². The molecule has 12 heteroatoms. The number of nitrogens with zero attached hydrogens (tertiary/aromatic N) is 4. The standard InChI is InChI=1S/C31H33N7O5/c1-16(35-15-26(39)38-22(14-32)11-21-12-25(21)38)13-31(29-36-30(42)43-37(29)2)23-7-5-19(27(33)40)9-17(23)3-4-18-10-20(28(34)41)6-8-24(18)31/h5-10,16,21-22,25,35H,3-4,11-13,15H2,1-2H3,(H2,33,40)(H2,34,41)/t16-,21+,22-,25-/m0/s1. The minimum absolute atomic E-state index is 0.0390. The van der Waals surface area contributed by atoms with Crippen LogP contribution in [0.5, 0.6) is 0 Å². The molecule has 0 unspecified atom stereocenters. The van der Waals surface area contributed by atoms with E-state index in [1.54, 1.807) is 36.2 Å². The summed E-state index contributed by atoms with van der Waals surface area (Å²) in [6, 6.07) is 12.2. The molecule has 5 N–H and O–H groups in total. The molecule has 2 aromatic carbocycles. The molecule has 12 nitrogen and oxygen atoms in total. The Morgan fingerprint density at radius 3 is 2.21 bits per heavy atom. The number of carbonyl (C=O) groups excluding carboxylic acids is 3. The monoisotopic (exact) mass is 583 g/mol. The van der Waals surface area contributed by atoms with Crippen molar-refractivity contribution in [3.63, 3.8) is 0 Å². The van der Waals surface area contributed by atoms with E-state index in [1.165, 1.54) is 4.74 Å². The van der Waals surface area contributed by atoms with Gasteiger partial charge in [-0.15, -0.1) is 0 Å². The van der Waals surface area contributed by atoms with Gasteiger partial charge in [-0.25, -0.2) is 4.79 Å². The zero-order valence-corrected chi connectivity index (χ0v) is 24.0. The minimum Gasteiger partial charge on any atom is -0.366 e. The second-order valence-corrected chi connectivity index (χ2v) is 11.9. The van der Waals surface area contributed by atoms with Gasteiger partial charge >= 0.3 is 5.76 Å². The molecule has 3 aliphatic rings. The predicted molar refractivity (Wildman–Crippen MR) is 154 cm³/mol. The summed E-state index contributed by atoms with van der Waals surface area (Å²) in [5.74, 6) is -1.26. The van der Waals surface area contributed by atoms with Crippen molar-refractivity contribution in [2.24, 2.45) is 24.4 Å². The molecule has 1 aromatic heterocycles. The van der Waals surface area contributed by atoms with Gasteiger partial charge in [-0.3, -0.25) is 14.4 Å². The van der Waals surface area contributed by atoms with Crippen molar-refractivity contribution in [2.45, 2.75) is 62.6 Å². The molecule has 0 spiro atoms. The molecular formula is C31H33N7O5. The molecule has 0 bridgehead atoms. The third kappa shape index (κ3) is 4.79. The molecule has 2 heterocycles. The maximum Gasteiger partial charge on any atom is 0.459 e. The Labute approximate surface area is 247 Å².